The molecule has 0 aliphatic heterocycles. The van der Waals surface area contributed by atoms with Crippen molar-refractivity contribution in [1.82, 2.24) is 4.90 Å². The monoisotopic (exact) mass is 617 g/mol. The summed E-state index contributed by atoms with van der Waals surface area (Å²) in [6, 6.07) is 5.91. The second kappa shape index (κ2) is 13.8. The number of phenolic OH excluding ortho intramolecular Hbond substituents is 1. The Labute approximate surface area is 252 Å². The maximum atomic E-state index is 13.0. The Hall–Kier alpha value is -1.32. The topological polar surface area (TPSA) is 43.7 Å². The van der Waals surface area contributed by atoms with Crippen LogP contribution >= 0.6 is 11.8 Å². The first-order valence-electron chi connectivity index (χ1n) is 15.6. The van der Waals surface area contributed by atoms with Gasteiger partial charge in [0.1, 0.15) is 5.75 Å². The molecule has 3 aliphatic carbocycles. The van der Waals surface area contributed by atoms with Crippen LogP contribution in [0.4, 0.5) is 22.0 Å². The number of halogens is 5. The summed E-state index contributed by atoms with van der Waals surface area (Å²) in [6.07, 6.45) is 2.17. The van der Waals surface area contributed by atoms with Gasteiger partial charge >= 0.3 is 12.1 Å². The Kier molecular flexibility index (Phi) is 11.0. The molecule has 3 nitrogen and oxygen atoms in total. The van der Waals surface area contributed by atoms with E-state index in [9.17, 15) is 32.2 Å². The molecule has 0 amide bonds. The Bertz CT molecular complexity index is 1070. The summed E-state index contributed by atoms with van der Waals surface area (Å²) in [5, 5.41) is 21.0. The first-order valence-corrected chi connectivity index (χ1v) is 16.8. The first kappa shape index (κ1) is 33.6. The van der Waals surface area contributed by atoms with Gasteiger partial charge in [-0.05, 0) is 141 Å². The number of alkyl halides is 5. The summed E-state index contributed by atoms with van der Waals surface area (Å²) >= 11 is 1.44. The Balaban J connectivity index is 1.18. The maximum Gasteiger partial charge on any atom is 0.453 e. The lowest BCUT2D eigenvalue weighted by Crippen LogP contribution is -2.44. The predicted octanol–water partition coefficient (Wildman–Crippen LogP) is 8.59. The van der Waals surface area contributed by atoms with Gasteiger partial charge in [0.15, 0.2) is 0 Å². The lowest BCUT2D eigenvalue weighted by Gasteiger charge is -2.52. The third-order valence-electron chi connectivity index (χ3n) is 10.5. The van der Waals surface area contributed by atoms with Gasteiger partial charge in [-0.3, -0.25) is 0 Å². The molecule has 2 fully saturated rings. The van der Waals surface area contributed by atoms with E-state index in [1.807, 2.05) is 12.1 Å². The van der Waals surface area contributed by atoms with E-state index >= 15 is 0 Å². The fourth-order valence-corrected chi connectivity index (χ4v) is 9.02. The van der Waals surface area contributed by atoms with Crippen LogP contribution in [0.3, 0.4) is 0 Å². The number of thioether (sulfide) groups is 1. The molecule has 1 aromatic carbocycles. The molecule has 6 atom stereocenters. The number of fused-ring (bicyclic) bond motifs is 5. The third kappa shape index (κ3) is 7.48. The van der Waals surface area contributed by atoms with Crippen LogP contribution in [0.2, 0.25) is 0 Å². The van der Waals surface area contributed by atoms with Crippen molar-refractivity contribution in [2.24, 2.45) is 23.2 Å². The van der Waals surface area contributed by atoms with Gasteiger partial charge in [0.05, 0.1) is 6.10 Å². The van der Waals surface area contributed by atoms with Crippen LogP contribution in [0, 0.1) is 23.2 Å². The van der Waals surface area contributed by atoms with Crippen LogP contribution in [0.1, 0.15) is 88.2 Å². The summed E-state index contributed by atoms with van der Waals surface area (Å²) in [4.78, 5) is 2.27. The highest BCUT2D eigenvalue weighted by atomic mass is 32.2. The van der Waals surface area contributed by atoms with Crippen LogP contribution in [0.5, 0.6) is 5.75 Å². The lowest BCUT2D eigenvalue weighted by atomic mass is 9.52. The van der Waals surface area contributed by atoms with Crippen molar-refractivity contribution in [2.75, 3.05) is 31.6 Å². The van der Waals surface area contributed by atoms with E-state index in [-0.39, 0.29) is 11.8 Å². The molecule has 42 heavy (non-hydrogen) atoms. The molecular formula is C33H48F5NO2S. The number of aliphatic hydroxyl groups excluding tert-OH is 1. The van der Waals surface area contributed by atoms with Crippen molar-refractivity contribution in [3.05, 3.63) is 41.5 Å². The number of rotatable bonds is 14. The number of unbranched alkanes of at least 4 members (excludes halogenated alkanes) is 2. The largest absolute Gasteiger partial charge is 0.508 e. The van der Waals surface area contributed by atoms with Gasteiger partial charge < -0.3 is 15.1 Å². The number of aromatic hydroxyl groups is 1. The minimum atomic E-state index is -5.46. The highest BCUT2D eigenvalue weighted by Gasteiger charge is 2.57. The molecule has 0 aromatic heterocycles. The number of benzene rings is 1. The van der Waals surface area contributed by atoms with Gasteiger partial charge in [0.2, 0.25) is 0 Å². The van der Waals surface area contributed by atoms with Crippen molar-refractivity contribution in [1.29, 1.82) is 0 Å². The lowest BCUT2D eigenvalue weighted by molar-refractivity contribution is -0.284. The first-order chi connectivity index (χ1) is 19.7. The van der Waals surface area contributed by atoms with Crippen LogP contribution in [-0.2, 0) is 6.42 Å². The molecule has 238 valence electrons. The van der Waals surface area contributed by atoms with Crippen molar-refractivity contribution < 1.29 is 32.2 Å². The molecule has 2 N–H and O–H groups in total. The molecule has 0 bridgehead atoms. The Morgan fingerprint density at radius 1 is 1.05 bits per heavy atom. The highest BCUT2D eigenvalue weighted by molar-refractivity contribution is 7.99. The summed E-state index contributed by atoms with van der Waals surface area (Å²) in [7, 11) is 2.07. The Morgan fingerprint density at radius 3 is 2.50 bits per heavy atom. The highest BCUT2D eigenvalue weighted by Crippen LogP contribution is 2.64. The van der Waals surface area contributed by atoms with Crippen molar-refractivity contribution in [3.8, 4) is 5.75 Å². The molecule has 2 saturated carbocycles. The third-order valence-corrected chi connectivity index (χ3v) is 11.7. The van der Waals surface area contributed by atoms with E-state index in [0.717, 1.165) is 82.2 Å². The number of hydrogen-bond acceptors (Lipinski definition) is 4. The van der Waals surface area contributed by atoms with E-state index in [0.29, 0.717) is 35.2 Å². The van der Waals surface area contributed by atoms with Crippen molar-refractivity contribution >= 4 is 11.8 Å². The van der Waals surface area contributed by atoms with E-state index in [2.05, 4.69) is 31.5 Å². The molecular weight excluding hydrogens is 569 g/mol. The number of hydrogen-bond donors (Lipinski definition) is 2. The SMILES string of the molecule is C=C1[C@H](O)CC2C3C(CC[C@]12C)c1ccc(O)cc1C[C@H]3CCCCCN(C)CCCSCCCC(F)(F)C(F)(F)F. The van der Waals surface area contributed by atoms with Gasteiger partial charge in [-0.15, -0.1) is 0 Å². The zero-order valence-corrected chi connectivity index (χ0v) is 25.9. The van der Waals surface area contributed by atoms with E-state index in [1.165, 1.54) is 22.9 Å². The van der Waals surface area contributed by atoms with Gasteiger partial charge in [-0.1, -0.05) is 32.4 Å². The minimum absolute atomic E-state index is 0.00238. The van der Waals surface area contributed by atoms with E-state index < -0.39 is 24.6 Å². The normalized spacial score (nSPS) is 29.5. The van der Waals surface area contributed by atoms with Crippen LogP contribution in [0.25, 0.3) is 0 Å². The number of aliphatic hydroxyl groups is 1. The molecule has 0 saturated heterocycles. The fraction of sp³-hybridized carbons (Fsp3) is 0.758. The smallest absolute Gasteiger partial charge is 0.453 e. The number of nitrogens with zero attached hydrogens (tertiary/aromatic N) is 1. The zero-order chi connectivity index (χ0) is 30.7. The summed E-state index contributed by atoms with van der Waals surface area (Å²) < 4.78 is 62.6. The van der Waals surface area contributed by atoms with Crippen LogP contribution in [-0.4, -0.2) is 65.0 Å². The predicted molar refractivity (Wildman–Crippen MR) is 160 cm³/mol. The second-order valence-electron chi connectivity index (χ2n) is 13.3. The van der Waals surface area contributed by atoms with Gasteiger partial charge in [-0.2, -0.15) is 33.7 Å². The molecule has 3 unspecified atom stereocenters. The number of phenols is 1. The molecule has 0 radical (unpaired) electrons. The van der Waals surface area contributed by atoms with Gasteiger partial charge in [0.25, 0.3) is 0 Å². The minimum Gasteiger partial charge on any atom is -0.508 e. The zero-order valence-electron chi connectivity index (χ0n) is 25.1. The quantitative estimate of drug-likeness (QED) is 0.125. The van der Waals surface area contributed by atoms with E-state index in [4.69, 9.17) is 0 Å². The second-order valence-corrected chi connectivity index (χ2v) is 14.5. The van der Waals surface area contributed by atoms with Gasteiger partial charge in [-0.25, -0.2) is 0 Å². The van der Waals surface area contributed by atoms with E-state index in [1.54, 1.807) is 0 Å². The summed E-state index contributed by atoms with van der Waals surface area (Å²) in [5.74, 6) is -1.23. The summed E-state index contributed by atoms with van der Waals surface area (Å²) in [5.41, 5.74) is 3.70. The molecule has 3 aliphatic rings. The van der Waals surface area contributed by atoms with Crippen LogP contribution in [0.15, 0.2) is 30.4 Å². The van der Waals surface area contributed by atoms with Gasteiger partial charge in [0, 0.05) is 6.42 Å². The maximum absolute atomic E-state index is 13.0. The summed E-state index contributed by atoms with van der Waals surface area (Å²) in [6.45, 7) is 8.49. The van der Waals surface area contributed by atoms with Crippen LogP contribution < -0.4 is 0 Å². The standard InChI is InChI=1S/C33H48F5NO2S/c1-22-29(41)21-28-30-23(19-24-20-25(40)10-11-26(24)27(30)12-14-31(22,28)2)9-5-4-6-15-39(3)16-8-18-42-17-7-13-32(34,35)33(36,37)38/h10-11,20,23,27-30,40-41H,1,4-9,12-19,21H2,2-3H3/t23-,27?,28?,29-,30?,31-/m1/s1. The molecule has 9 heteroatoms. The molecule has 0 heterocycles. The molecule has 1 aromatic rings. The molecule has 4 rings (SSSR count). The fourth-order valence-electron chi connectivity index (χ4n) is 8.13. The average Bonchev–Trinajstić information content (AvgIpc) is 3.15. The van der Waals surface area contributed by atoms with Crippen molar-refractivity contribution in [2.45, 2.75) is 102 Å². The molecule has 0 spiro atoms. The Morgan fingerprint density at radius 2 is 1.76 bits per heavy atom. The average molecular weight is 618 g/mol. The van der Waals surface area contributed by atoms with Crippen molar-refractivity contribution in [3.63, 3.8) is 0 Å².